The molecule has 6 heteroatoms. The zero-order chi connectivity index (χ0) is 13.3. The Hall–Kier alpha value is -1.72. The minimum atomic E-state index is -0.177. The molecular formula is C12H20N6. The fraction of sp³-hybridized carbons (Fsp3) is 0.667. The van der Waals surface area contributed by atoms with E-state index in [4.69, 9.17) is 11.1 Å². The number of hydrogen-bond donors (Lipinski definition) is 2. The molecule has 0 unspecified atom stereocenters. The highest BCUT2D eigenvalue weighted by molar-refractivity contribution is 5.83. The number of amidine groups is 1. The zero-order valence-electron chi connectivity index (χ0n) is 11.2. The molecule has 2 heterocycles. The van der Waals surface area contributed by atoms with Gasteiger partial charge in [-0.25, -0.2) is 4.98 Å². The molecule has 0 aliphatic carbocycles. The van der Waals surface area contributed by atoms with Gasteiger partial charge in [0.25, 0.3) is 0 Å². The molecule has 3 N–H and O–H groups in total. The molecule has 1 aromatic rings. The van der Waals surface area contributed by atoms with Crippen molar-refractivity contribution in [2.75, 3.05) is 18.0 Å². The molecule has 98 valence electrons. The predicted octanol–water partition coefficient (Wildman–Crippen LogP) is 1.03. The molecule has 0 amide bonds. The molecule has 1 fully saturated rings. The summed E-state index contributed by atoms with van der Waals surface area (Å²) in [5, 5.41) is 15.9. The van der Waals surface area contributed by atoms with Crippen LogP contribution in [0.1, 0.15) is 31.2 Å². The minimum absolute atomic E-state index is 0.177. The molecule has 6 nitrogen and oxygen atoms in total. The first-order valence-corrected chi connectivity index (χ1v) is 6.20. The van der Waals surface area contributed by atoms with Gasteiger partial charge in [-0.3, -0.25) is 5.41 Å². The third-order valence-corrected chi connectivity index (χ3v) is 3.88. The Bertz CT molecular complexity index is 462. The van der Waals surface area contributed by atoms with Gasteiger partial charge in [-0.2, -0.15) is 5.10 Å². The Morgan fingerprint density at radius 3 is 2.33 bits per heavy atom. The van der Waals surface area contributed by atoms with Crippen LogP contribution < -0.4 is 10.6 Å². The standard InChI is InChI=1S/C12H20N6/c1-8-9(2)16-17-11(15-8)18-6-4-12(3,5-7-18)10(13)14/h4-7H2,1-3H3,(H3,13,14). The first kappa shape index (κ1) is 12.7. The lowest BCUT2D eigenvalue weighted by Crippen LogP contribution is -2.45. The van der Waals surface area contributed by atoms with Crippen LogP contribution in [-0.2, 0) is 0 Å². The van der Waals surface area contributed by atoms with E-state index in [2.05, 4.69) is 20.1 Å². The van der Waals surface area contributed by atoms with Crippen LogP contribution in [-0.4, -0.2) is 34.1 Å². The van der Waals surface area contributed by atoms with Crippen molar-refractivity contribution in [1.82, 2.24) is 15.2 Å². The van der Waals surface area contributed by atoms with Gasteiger partial charge in [0.05, 0.1) is 17.2 Å². The van der Waals surface area contributed by atoms with Crippen LogP contribution in [0.5, 0.6) is 0 Å². The smallest absolute Gasteiger partial charge is 0.245 e. The normalized spacial score (nSPS) is 18.7. The van der Waals surface area contributed by atoms with E-state index in [1.807, 2.05) is 20.8 Å². The summed E-state index contributed by atoms with van der Waals surface area (Å²) in [6.07, 6.45) is 1.72. The predicted molar refractivity (Wildman–Crippen MR) is 70.8 cm³/mol. The van der Waals surface area contributed by atoms with Gasteiger partial charge in [-0.15, -0.1) is 5.10 Å². The van der Waals surface area contributed by atoms with Crippen molar-refractivity contribution >= 4 is 11.8 Å². The summed E-state index contributed by atoms with van der Waals surface area (Å²) < 4.78 is 0. The third-order valence-electron chi connectivity index (χ3n) is 3.88. The molecule has 0 saturated carbocycles. The number of nitrogens with two attached hydrogens (primary N) is 1. The lowest BCUT2D eigenvalue weighted by Gasteiger charge is -2.38. The highest BCUT2D eigenvalue weighted by Crippen LogP contribution is 2.31. The zero-order valence-corrected chi connectivity index (χ0v) is 11.2. The van der Waals surface area contributed by atoms with Crippen LogP contribution in [0, 0.1) is 24.7 Å². The molecule has 0 radical (unpaired) electrons. The van der Waals surface area contributed by atoms with Crippen LogP contribution >= 0.6 is 0 Å². The Kier molecular flexibility index (Phi) is 3.19. The summed E-state index contributed by atoms with van der Waals surface area (Å²) in [4.78, 5) is 6.57. The van der Waals surface area contributed by atoms with Crippen LogP contribution in [0.25, 0.3) is 0 Å². The van der Waals surface area contributed by atoms with Crippen molar-refractivity contribution in [2.24, 2.45) is 11.1 Å². The van der Waals surface area contributed by atoms with Crippen molar-refractivity contribution in [3.63, 3.8) is 0 Å². The number of rotatable bonds is 2. The molecule has 1 aromatic heterocycles. The number of aromatic nitrogens is 3. The molecule has 0 spiro atoms. The molecule has 0 atom stereocenters. The Morgan fingerprint density at radius 1 is 1.22 bits per heavy atom. The van der Waals surface area contributed by atoms with E-state index in [0.29, 0.717) is 5.95 Å². The minimum Gasteiger partial charge on any atom is -0.387 e. The van der Waals surface area contributed by atoms with Crippen LogP contribution in [0.15, 0.2) is 0 Å². The quantitative estimate of drug-likeness (QED) is 0.602. The van der Waals surface area contributed by atoms with E-state index in [0.717, 1.165) is 37.3 Å². The van der Waals surface area contributed by atoms with E-state index in [1.54, 1.807) is 0 Å². The molecular weight excluding hydrogens is 228 g/mol. The second kappa shape index (κ2) is 4.51. The van der Waals surface area contributed by atoms with E-state index in [1.165, 1.54) is 0 Å². The second-order valence-corrected chi connectivity index (χ2v) is 5.24. The summed E-state index contributed by atoms with van der Waals surface area (Å²) in [6.45, 7) is 7.53. The average molecular weight is 248 g/mol. The van der Waals surface area contributed by atoms with E-state index in [9.17, 15) is 0 Å². The Balaban J connectivity index is 2.10. The van der Waals surface area contributed by atoms with Crippen molar-refractivity contribution in [3.05, 3.63) is 11.4 Å². The Labute approximate surface area is 107 Å². The van der Waals surface area contributed by atoms with E-state index >= 15 is 0 Å². The summed E-state index contributed by atoms with van der Waals surface area (Å²) in [7, 11) is 0. The molecule has 1 saturated heterocycles. The van der Waals surface area contributed by atoms with Gasteiger partial charge in [0.15, 0.2) is 0 Å². The third kappa shape index (κ3) is 2.27. The molecule has 0 aromatic carbocycles. The van der Waals surface area contributed by atoms with Crippen molar-refractivity contribution < 1.29 is 0 Å². The molecule has 1 aliphatic rings. The number of piperidine rings is 1. The van der Waals surface area contributed by atoms with Crippen LogP contribution in [0.2, 0.25) is 0 Å². The first-order valence-electron chi connectivity index (χ1n) is 6.20. The fourth-order valence-corrected chi connectivity index (χ4v) is 2.05. The summed E-state index contributed by atoms with van der Waals surface area (Å²) in [6, 6.07) is 0. The van der Waals surface area contributed by atoms with E-state index < -0.39 is 0 Å². The van der Waals surface area contributed by atoms with Crippen LogP contribution in [0.4, 0.5) is 5.95 Å². The number of nitrogens with one attached hydrogen (secondary N) is 1. The molecule has 1 aliphatic heterocycles. The van der Waals surface area contributed by atoms with Crippen LogP contribution in [0.3, 0.4) is 0 Å². The number of hydrogen-bond acceptors (Lipinski definition) is 5. The summed E-state index contributed by atoms with van der Waals surface area (Å²) in [5.41, 5.74) is 7.26. The SMILES string of the molecule is Cc1nnc(N2CCC(C)(C(=N)N)CC2)nc1C. The number of nitrogens with zero attached hydrogens (tertiary/aromatic N) is 4. The maximum Gasteiger partial charge on any atom is 0.245 e. The van der Waals surface area contributed by atoms with Crippen molar-refractivity contribution in [3.8, 4) is 0 Å². The molecule has 18 heavy (non-hydrogen) atoms. The number of anilines is 1. The summed E-state index contributed by atoms with van der Waals surface area (Å²) >= 11 is 0. The van der Waals surface area contributed by atoms with Gasteiger partial charge in [-0.1, -0.05) is 6.92 Å². The van der Waals surface area contributed by atoms with Gasteiger partial charge in [-0.05, 0) is 26.7 Å². The molecule has 0 bridgehead atoms. The van der Waals surface area contributed by atoms with Crippen molar-refractivity contribution in [1.29, 1.82) is 5.41 Å². The van der Waals surface area contributed by atoms with Gasteiger partial charge < -0.3 is 10.6 Å². The average Bonchev–Trinajstić information content (AvgIpc) is 2.34. The van der Waals surface area contributed by atoms with Gasteiger partial charge in [0.1, 0.15) is 0 Å². The summed E-state index contributed by atoms with van der Waals surface area (Å²) in [5.74, 6) is 0.963. The highest BCUT2D eigenvalue weighted by atomic mass is 15.3. The first-order chi connectivity index (χ1) is 8.42. The van der Waals surface area contributed by atoms with Gasteiger partial charge >= 0.3 is 0 Å². The fourth-order valence-electron chi connectivity index (χ4n) is 2.05. The highest BCUT2D eigenvalue weighted by Gasteiger charge is 2.33. The lowest BCUT2D eigenvalue weighted by molar-refractivity contribution is 0.348. The maximum atomic E-state index is 7.63. The monoisotopic (exact) mass is 248 g/mol. The second-order valence-electron chi connectivity index (χ2n) is 5.24. The van der Waals surface area contributed by atoms with Gasteiger partial charge in [0.2, 0.25) is 5.95 Å². The maximum absolute atomic E-state index is 7.63. The molecule has 2 rings (SSSR count). The van der Waals surface area contributed by atoms with Gasteiger partial charge in [0, 0.05) is 18.5 Å². The van der Waals surface area contributed by atoms with E-state index in [-0.39, 0.29) is 11.3 Å². The number of aryl methyl sites for hydroxylation is 2. The van der Waals surface area contributed by atoms with Crippen molar-refractivity contribution in [2.45, 2.75) is 33.6 Å². The lowest BCUT2D eigenvalue weighted by atomic mass is 9.79. The largest absolute Gasteiger partial charge is 0.387 e. The topological polar surface area (TPSA) is 91.8 Å². The Morgan fingerprint density at radius 2 is 1.83 bits per heavy atom.